The summed E-state index contributed by atoms with van der Waals surface area (Å²) in [5, 5.41) is 0. The predicted molar refractivity (Wildman–Crippen MR) is 111 cm³/mol. The number of hydrogen-bond acceptors (Lipinski definition) is 4. The normalized spacial score (nSPS) is 29.4. The van der Waals surface area contributed by atoms with Crippen LogP contribution in [-0.2, 0) is 9.59 Å². The molecular formula is C23H33N3O3. The van der Waals surface area contributed by atoms with Gasteiger partial charge >= 0.3 is 0 Å². The number of benzene rings is 1. The minimum Gasteiger partial charge on any atom is -0.484 e. The van der Waals surface area contributed by atoms with Crippen LogP contribution in [0.3, 0.4) is 0 Å². The fraction of sp³-hybridized carbons (Fsp3) is 0.652. The molecule has 1 aromatic carbocycles. The third kappa shape index (κ3) is 4.58. The van der Waals surface area contributed by atoms with E-state index in [-0.39, 0.29) is 30.4 Å². The third-order valence-electron chi connectivity index (χ3n) is 7.09. The molecule has 1 saturated heterocycles. The summed E-state index contributed by atoms with van der Waals surface area (Å²) < 4.78 is 5.61. The number of carbonyl (C=O) groups excluding carboxylic acids is 2. The molecule has 0 radical (unpaired) electrons. The van der Waals surface area contributed by atoms with Gasteiger partial charge in [0.15, 0.2) is 6.61 Å². The Balaban J connectivity index is 1.24. The average molecular weight is 400 g/mol. The van der Waals surface area contributed by atoms with Gasteiger partial charge in [0, 0.05) is 38.1 Å². The van der Waals surface area contributed by atoms with Gasteiger partial charge in [-0.25, -0.2) is 0 Å². The summed E-state index contributed by atoms with van der Waals surface area (Å²) >= 11 is 0. The monoisotopic (exact) mass is 399 g/mol. The van der Waals surface area contributed by atoms with E-state index in [1.54, 1.807) is 0 Å². The summed E-state index contributed by atoms with van der Waals surface area (Å²) in [6.07, 6.45) is 5.49. The quantitative estimate of drug-likeness (QED) is 0.842. The predicted octanol–water partition coefficient (Wildman–Crippen LogP) is 2.20. The number of fused-ring (bicyclic) bond motifs is 2. The highest BCUT2D eigenvalue weighted by atomic mass is 16.5. The van der Waals surface area contributed by atoms with Gasteiger partial charge in [0.25, 0.3) is 5.91 Å². The first kappa shape index (κ1) is 20.2. The molecule has 3 fully saturated rings. The molecule has 1 aromatic rings. The van der Waals surface area contributed by atoms with Crippen LogP contribution in [0.15, 0.2) is 24.3 Å². The Hall–Kier alpha value is -2.08. The molecule has 29 heavy (non-hydrogen) atoms. The van der Waals surface area contributed by atoms with E-state index < -0.39 is 0 Å². The Labute approximate surface area is 173 Å². The SMILES string of the molecule is Cc1ccc(OCC(=O)N2CCN(C(=O)C3CC4CCCC(C3)C4N)CC2)cc1. The van der Waals surface area contributed by atoms with Crippen LogP contribution < -0.4 is 10.5 Å². The van der Waals surface area contributed by atoms with Crippen LogP contribution >= 0.6 is 0 Å². The lowest BCUT2D eigenvalue weighted by Gasteiger charge is -2.45. The lowest BCUT2D eigenvalue weighted by Crippen LogP contribution is -2.55. The van der Waals surface area contributed by atoms with E-state index in [1.165, 1.54) is 19.3 Å². The number of amides is 2. The van der Waals surface area contributed by atoms with Crippen molar-refractivity contribution in [1.29, 1.82) is 0 Å². The molecule has 0 spiro atoms. The van der Waals surface area contributed by atoms with Gasteiger partial charge in [-0.1, -0.05) is 24.1 Å². The second kappa shape index (κ2) is 8.74. The Bertz CT molecular complexity index is 713. The third-order valence-corrected chi connectivity index (χ3v) is 7.09. The fourth-order valence-electron chi connectivity index (χ4n) is 5.30. The fourth-order valence-corrected chi connectivity index (χ4v) is 5.30. The van der Waals surface area contributed by atoms with E-state index >= 15 is 0 Å². The van der Waals surface area contributed by atoms with Crippen LogP contribution in [0.5, 0.6) is 5.75 Å². The molecule has 1 heterocycles. The van der Waals surface area contributed by atoms with Gasteiger partial charge in [-0.2, -0.15) is 0 Å². The van der Waals surface area contributed by atoms with Crippen molar-refractivity contribution in [3.63, 3.8) is 0 Å². The van der Waals surface area contributed by atoms with Crippen molar-refractivity contribution in [2.75, 3.05) is 32.8 Å². The molecule has 6 nitrogen and oxygen atoms in total. The molecule has 2 N–H and O–H groups in total. The summed E-state index contributed by atoms with van der Waals surface area (Å²) in [4.78, 5) is 29.3. The maximum Gasteiger partial charge on any atom is 0.260 e. The number of aryl methyl sites for hydroxylation is 1. The van der Waals surface area contributed by atoms with Crippen LogP contribution in [-0.4, -0.2) is 60.4 Å². The van der Waals surface area contributed by atoms with E-state index in [0.29, 0.717) is 43.8 Å². The van der Waals surface area contributed by atoms with Crippen molar-refractivity contribution in [2.45, 2.75) is 45.1 Å². The average Bonchev–Trinajstić information content (AvgIpc) is 2.72. The van der Waals surface area contributed by atoms with Gasteiger partial charge in [-0.15, -0.1) is 0 Å². The molecule has 2 amide bonds. The maximum atomic E-state index is 13.1. The highest BCUT2D eigenvalue weighted by Crippen LogP contribution is 2.42. The highest BCUT2D eigenvalue weighted by Gasteiger charge is 2.42. The van der Waals surface area contributed by atoms with Gasteiger partial charge in [-0.05, 0) is 56.6 Å². The summed E-state index contributed by atoms with van der Waals surface area (Å²) in [5.41, 5.74) is 7.53. The highest BCUT2D eigenvalue weighted by molar-refractivity contribution is 5.80. The van der Waals surface area contributed by atoms with Crippen molar-refractivity contribution >= 4 is 11.8 Å². The summed E-state index contributed by atoms with van der Waals surface area (Å²) in [6.45, 7) is 4.46. The van der Waals surface area contributed by atoms with Crippen molar-refractivity contribution < 1.29 is 14.3 Å². The smallest absolute Gasteiger partial charge is 0.260 e. The molecule has 1 aliphatic heterocycles. The first-order valence-electron chi connectivity index (χ1n) is 11.0. The van der Waals surface area contributed by atoms with E-state index in [2.05, 4.69) is 0 Å². The molecule has 6 heteroatoms. The van der Waals surface area contributed by atoms with Gasteiger partial charge < -0.3 is 20.3 Å². The van der Waals surface area contributed by atoms with Crippen molar-refractivity contribution in [3.8, 4) is 5.75 Å². The van der Waals surface area contributed by atoms with Crippen LogP contribution in [0.25, 0.3) is 0 Å². The number of rotatable bonds is 4. The zero-order valence-electron chi connectivity index (χ0n) is 17.4. The number of hydrogen-bond donors (Lipinski definition) is 1. The molecule has 2 bridgehead atoms. The summed E-state index contributed by atoms with van der Waals surface area (Å²) in [5.74, 6) is 2.11. The molecule has 2 aliphatic carbocycles. The molecule has 2 saturated carbocycles. The molecule has 2 unspecified atom stereocenters. The summed E-state index contributed by atoms with van der Waals surface area (Å²) in [6, 6.07) is 7.98. The standard InChI is InChI=1S/C23H33N3O3/c1-16-5-7-20(8-6-16)29-15-21(27)25-9-11-26(12-10-25)23(28)19-13-17-3-2-4-18(14-19)22(17)24/h5-8,17-19,22H,2-4,9-15,24H2,1H3. The Kier molecular flexibility index (Phi) is 6.09. The van der Waals surface area contributed by atoms with E-state index in [4.69, 9.17) is 10.5 Å². The van der Waals surface area contributed by atoms with E-state index in [9.17, 15) is 9.59 Å². The first-order valence-corrected chi connectivity index (χ1v) is 11.0. The second-order valence-electron chi connectivity index (χ2n) is 9.00. The number of carbonyl (C=O) groups is 2. The van der Waals surface area contributed by atoms with Gasteiger partial charge in [0.05, 0.1) is 0 Å². The minimum atomic E-state index is -0.0177. The van der Waals surface area contributed by atoms with Crippen LogP contribution in [0, 0.1) is 24.7 Å². The molecular weight excluding hydrogens is 366 g/mol. The Morgan fingerprint density at radius 3 is 2.21 bits per heavy atom. The van der Waals surface area contributed by atoms with E-state index in [0.717, 1.165) is 18.4 Å². The molecule has 4 rings (SSSR count). The largest absolute Gasteiger partial charge is 0.484 e. The lowest BCUT2D eigenvalue weighted by molar-refractivity contribution is -0.145. The second-order valence-corrected chi connectivity index (χ2v) is 9.00. The summed E-state index contributed by atoms with van der Waals surface area (Å²) in [7, 11) is 0. The van der Waals surface area contributed by atoms with Gasteiger partial charge in [-0.3, -0.25) is 9.59 Å². The molecule has 158 valence electrons. The van der Waals surface area contributed by atoms with Gasteiger partial charge in [0.2, 0.25) is 5.91 Å². The van der Waals surface area contributed by atoms with Crippen LogP contribution in [0.4, 0.5) is 0 Å². The van der Waals surface area contributed by atoms with Crippen molar-refractivity contribution in [2.24, 2.45) is 23.5 Å². The number of ether oxygens (including phenoxy) is 1. The lowest BCUT2D eigenvalue weighted by atomic mass is 9.65. The minimum absolute atomic E-state index is 0.0177. The molecule has 2 atom stereocenters. The number of nitrogens with zero attached hydrogens (tertiary/aromatic N) is 2. The first-order chi connectivity index (χ1) is 14.0. The zero-order chi connectivity index (χ0) is 20.4. The van der Waals surface area contributed by atoms with Crippen LogP contribution in [0.1, 0.15) is 37.7 Å². The zero-order valence-corrected chi connectivity index (χ0v) is 17.4. The number of nitrogens with two attached hydrogens (primary N) is 1. The molecule has 3 aliphatic rings. The number of piperazine rings is 1. The Morgan fingerprint density at radius 2 is 1.59 bits per heavy atom. The Morgan fingerprint density at radius 1 is 1.00 bits per heavy atom. The molecule has 0 aromatic heterocycles. The van der Waals surface area contributed by atoms with Crippen molar-refractivity contribution in [3.05, 3.63) is 29.8 Å². The topological polar surface area (TPSA) is 75.9 Å². The van der Waals surface area contributed by atoms with Gasteiger partial charge in [0.1, 0.15) is 5.75 Å². The van der Waals surface area contributed by atoms with Crippen LogP contribution in [0.2, 0.25) is 0 Å². The van der Waals surface area contributed by atoms with Crippen molar-refractivity contribution in [1.82, 2.24) is 9.80 Å². The van der Waals surface area contributed by atoms with E-state index in [1.807, 2.05) is 41.0 Å². The maximum absolute atomic E-state index is 13.1.